The molecule has 1 aromatic carbocycles. The third-order valence-electron chi connectivity index (χ3n) is 2.91. The summed E-state index contributed by atoms with van der Waals surface area (Å²) in [4.78, 5) is 4.35. The van der Waals surface area contributed by atoms with Crippen LogP contribution in [-0.4, -0.2) is 22.8 Å². The lowest BCUT2D eigenvalue weighted by atomic mass is 10.1. The van der Waals surface area contributed by atoms with Crippen LogP contribution in [0.3, 0.4) is 0 Å². The summed E-state index contributed by atoms with van der Waals surface area (Å²) in [5.74, 6) is 2.15. The van der Waals surface area contributed by atoms with Crippen LogP contribution in [0.25, 0.3) is 11.4 Å². The van der Waals surface area contributed by atoms with Crippen LogP contribution in [0.1, 0.15) is 18.4 Å². The normalized spacial score (nSPS) is 15.2. The smallest absolute Gasteiger partial charge is 0.228 e. The number of ether oxygens (including phenoxy) is 1. The van der Waals surface area contributed by atoms with Gasteiger partial charge in [0.25, 0.3) is 0 Å². The highest BCUT2D eigenvalue weighted by atomic mass is 16.5. The summed E-state index contributed by atoms with van der Waals surface area (Å²) in [6, 6.07) is 5.99. The van der Waals surface area contributed by atoms with Gasteiger partial charge in [0.05, 0.1) is 6.61 Å². The van der Waals surface area contributed by atoms with E-state index in [1.165, 1.54) is 5.56 Å². The molecule has 1 aliphatic rings. The Kier molecular flexibility index (Phi) is 2.76. The molecular formula is C13H15N3O2. The van der Waals surface area contributed by atoms with E-state index in [0.29, 0.717) is 18.1 Å². The van der Waals surface area contributed by atoms with Crippen molar-refractivity contribution < 1.29 is 9.26 Å². The fourth-order valence-electron chi connectivity index (χ4n) is 2.06. The Morgan fingerprint density at radius 3 is 3.17 bits per heavy atom. The zero-order valence-corrected chi connectivity index (χ0v) is 10.2. The van der Waals surface area contributed by atoms with Gasteiger partial charge in [-0.3, -0.25) is 0 Å². The first-order chi connectivity index (χ1) is 8.72. The number of nitrogens with two attached hydrogens (primary N) is 1. The number of aromatic nitrogens is 2. The van der Waals surface area contributed by atoms with Gasteiger partial charge in [0.15, 0.2) is 0 Å². The number of hydrogen-bond donors (Lipinski definition) is 1. The minimum Gasteiger partial charge on any atom is -0.493 e. The van der Waals surface area contributed by atoms with Crippen molar-refractivity contribution in [3.8, 4) is 17.1 Å². The quantitative estimate of drug-likeness (QED) is 0.888. The minimum absolute atomic E-state index is 0.0201. The zero-order chi connectivity index (χ0) is 12.5. The minimum atomic E-state index is 0.0201. The topological polar surface area (TPSA) is 74.2 Å². The van der Waals surface area contributed by atoms with Gasteiger partial charge in [0.1, 0.15) is 5.75 Å². The molecular weight excluding hydrogens is 230 g/mol. The second-order valence-corrected chi connectivity index (χ2v) is 4.61. The molecule has 0 amide bonds. The van der Waals surface area contributed by atoms with E-state index in [1.807, 2.05) is 19.1 Å². The van der Waals surface area contributed by atoms with Crippen molar-refractivity contribution in [3.05, 3.63) is 29.7 Å². The van der Waals surface area contributed by atoms with Gasteiger partial charge in [0.2, 0.25) is 11.7 Å². The molecule has 0 spiro atoms. The van der Waals surface area contributed by atoms with Crippen molar-refractivity contribution in [1.29, 1.82) is 0 Å². The second-order valence-electron chi connectivity index (χ2n) is 4.61. The molecule has 2 N–H and O–H groups in total. The zero-order valence-electron chi connectivity index (χ0n) is 10.2. The first-order valence-corrected chi connectivity index (χ1v) is 6.06. The van der Waals surface area contributed by atoms with Crippen LogP contribution in [0.15, 0.2) is 22.7 Å². The molecule has 1 aromatic heterocycles. The molecule has 0 bridgehead atoms. The summed E-state index contributed by atoms with van der Waals surface area (Å²) >= 11 is 0. The summed E-state index contributed by atoms with van der Waals surface area (Å²) < 4.78 is 10.6. The van der Waals surface area contributed by atoms with Crippen LogP contribution in [0, 0.1) is 0 Å². The third-order valence-corrected chi connectivity index (χ3v) is 2.91. The molecule has 94 valence electrons. The van der Waals surface area contributed by atoms with Gasteiger partial charge >= 0.3 is 0 Å². The molecule has 0 saturated heterocycles. The Balaban J connectivity index is 1.88. The summed E-state index contributed by atoms with van der Waals surface area (Å²) in [5, 5.41) is 3.98. The lowest BCUT2D eigenvalue weighted by Gasteiger charge is -2.00. The number of hydrogen-bond acceptors (Lipinski definition) is 5. The maximum atomic E-state index is 5.70. The molecule has 2 heterocycles. The maximum Gasteiger partial charge on any atom is 0.228 e. The Morgan fingerprint density at radius 1 is 1.44 bits per heavy atom. The highest BCUT2D eigenvalue weighted by molar-refractivity contribution is 5.59. The Morgan fingerprint density at radius 2 is 2.33 bits per heavy atom. The van der Waals surface area contributed by atoms with Gasteiger partial charge in [-0.1, -0.05) is 5.16 Å². The van der Waals surface area contributed by atoms with Crippen molar-refractivity contribution in [2.75, 3.05) is 6.61 Å². The molecule has 5 heteroatoms. The average molecular weight is 245 g/mol. The van der Waals surface area contributed by atoms with Crippen LogP contribution >= 0.6 is 0 Å². The van der Waals surface area contributed by atoms with Crippen molar-refractivity contribution in [1.82, 2.24) is 10.1 Å². The number of fused-ring (bicyclic) bond motifs is 1. The van der Waals surface area contributed by atoms with Gasteiger partial charge in [-0.2, -0.15) is 4.98 Å². The van der Waals surface area contributed by atoms with Crippen LogP contribution in [0.2, 0.25) is 0 Å². The van der Waals surface area contributed by atoms with Gasteiger partial charge in [0, 0.05) is 24.4 Å². The number of nitrogens with zero attached hydrogens (tertiary/aromatic N) is 2. The van der Waals surface area contributed by atoms with Crippen molar-refractivity contribution in [3.63, 3.8) is 0 Å². The standard InChI is InChI=1S/C13H15N3O2/c1-8(14)6-12-15-13(16-18-12)10-2-3-11-9(7-10)4-5-17-11/h2-3,7-8H,4-6,14H2,1H3. The highest BCUT2D eigenvalue weighted by Gasteiger charge is 2.15. The summed E-state index contributed by atoms with van der Waals surface area (Å²) in [6.07, 6.45) is 1.54. The largest absolute Gasteiger partial charge is 0.493 e. The molecule has 3 rings (SSSR count). The Hall–Kier alpha value is -1.88. The van der Waals surface area contributed by atoms with Crippen molar-refractivity contribution in [2.45, 2.75) is 25.8 Å². The number of benzene rings is 1. The average Bonchev–Trinajstić information content (AvgIpc) is 2.95. The van der Waals surface area contributed by atoms with E-state index in [9.17, 15) is 0 Å². The van der Waals surface area contributed by atoms with E-state index in [4.69, 9.17) is 15.0 Å². The van der Waals surface area contributed by atoms with Crippen molar-refractivity contribution in [2.24, 2.45) is 5.73 Å². The van der Waals surface area contributed by atoms with E-state index in [0.717, 1.165) is 24.3 Å². The fourth-order valence-corrected chi connectivity index (χ4v) is 2.06. The van der Waals surface area contributed by atoms with E-state index >= 15 is 0 Å². The molecule has 0 fully saturated rings. The molecule has 1 atom stereocenters. The second kappa shape index (κ2) is 4.42. The monoisotopic (exact) mass is 245 g/mol. The van der Waals surface area contributed by atoms with E-state index in [-0.39, 0.29) is 6.04 Å². The SMILES string of the molecule is CC(N)Cc1nc(-c2ccc3c(c2)CCO3)no1. The molecule has 5 nitrogen and oxygen atoms in total. The van der Waals surface area contributed by atoms with Crippen LogP contribution < -0.4 is 10.5 Å². The maximum absolute atomic E-state index is 5.70. The lowest BCUT2D eigenvalue weighted by Crippen LogP contribution is -2.17. The van der Waals surface area contributed by atoms with Crippen LogP contribution in [0.4, 0.5) is 0 Å². The molecule has 0 saturated carbocycles. The highest BCUT2D eigenvalue weighted by Crippen LogP contribution is 2.29. The van der Waals surface area contributed by atoms with Gasteiger partial charge in [-0.25, -0.2) is 0 Å². The van der Waals surface area contributed by atoms with E-state index in [1.54, 1.807) is 0 Å². The van der Waals surface area contributed by atoms with E-state index < -0.39 is 0 Å². The lowest BCUT2D eigenvalue weighted by molar-refractivity contribution is 0.357. The van der Waals surface area contributed by atoms with Gasteiger partial charge in [-0.05, 0) is 30.7 Å². The number of rotatable bonds is 3. The molecule has 0 aliphatic carbocycles. The molecule has 2 aromatic rings. The van der Waals surface area contributed by atoms with Crippen LogP contribution in [-0.2, 0) is 12.8 Å². The molecule has 1 unspecified atom stereocenters. The predicted octanol–water partition coefficient (Wildman–Crippen LogP) is 1.56. The Bertz CT molecular complexity index is 563. The molecule has 18 heavy (non-hydrogen) atoms. The van der Waals surface area contributed by atoms with Crippen molar-refractivity contribution >= 4 is 0 Å². The first-order valence-electron chi connectivity index (χ1n) is 6.06. The van der Waals surface area contributed by atoms with E-state index in [2.05, 4.69) is 16.2 Å². The summed E-state index contributed by atoms with van der Waals surface area (Å²) in [5.41, 5.74) is 7.86. The summed E-state index contributed by atoms with van der Waals surface area (Å²) in [7, 11) is 0. The third kappa shape index (κ3) is 2.09. The van der Waals surface area contributed by atoms with Gasteiger partial charge in [-0.15, -0.1) is 0 Å². The predicted molar refractivity (Wildman–Crippen MR) is 66.3 cm³/mol. The first kappa shape index (κ1) is 11.2. The molecule has 1 aliphatic heterocycles. The van der Waals surface area contributed by atoms with Gasteiger partial charge < -0.3 is 15.0 Å². The fraction of sp³-hybridized carbons (Fsp3) is 0.385. The van der Waals surface area contributed by atoms with Crippen LogP contribution in [0.5, 0.6) is 5.75 Å². The summed E-state index contributed by atoms with van der Waals surface area (Å²) in [6.45, 7) is 2.66. The Labute approximate surface area is 105 Å². The molecule has 0 radical (unpaired) electrons.